The van der Waals surface area contributed by atoms with E-state index in [1.165, 1.54) is 29.2 Å². The molecule has 2 aromatic rings. The number of nitrogens with one attached hydrogen (secondary N) is 1. The normalized spacial score (nSPS) is 10.2. The van der Waals surface area contributed by atoms with E-state index >= 15 is 0 Å². The number of rotatable bonds is 5. The first-order chi connectivity index (χ1) is 9.15. The summed E-state index contributed by atoms with van der Waals surface area (Å²) in [4.78, 5) is 13.3. The van der Waals surface area contributed by atoms with E-state index in [0.717, 1.165) is 5.69 Å². The smallest absolute Gasteiger partial charge is 0.260 e. The van der Waals surface area contributed by atoms with Crippen molar-refractivity contribution in [3.8, 4) is 5.75 Å². The van der Waals surface area contributed by atoms with Crippen molar-refractivity contribution in [2.24, 2.45) is 0 Å². The van der Waals surface area contributed by atoms with Crippen molar-refractivity contribution < 1.29 is 13.9 Å². The maximum absolute atomic E-state index is 12.7. The third-order valence-corrected chi connectivity index (χ3v) is 2.57. The third kappa shape index (κ3) is 3.80. The van der Waals surface area contributed by atoms with E-state index in [0.29, 0.717) is 12.3 Å². The summed E-state index contributed by atoms with van der Waals surface area (Å²) >= 11 is 0. The Bertz CT molecular complexity index is 525. The van der Waals surface area contributed by atoms with Gasteiger partial charge in [0.25, 0.3) is 5.91 Å². The molecule has 6 heteroatoms. The molecule has 0 bridgehead atoms. The van der Waals surface area contributed by atoms with Crippen LogP contribution in [-0.2, 0) is 11.3 Å². The highest BCUT2D eigenvalue weighted by atomic mass is 19.1. The lowest BCUT2D eigenvalue weighted by Crippen LogP contribution is -2.31. The summed E-state index contributed by atoms with van der Waals surface area (Å²) < 4.78 is 18.0. The Morgan fingerprint density at radius 3 is 2.74 bits per heavy atom. The Morgan fingerprint density at radius 1 is 1.37 bits per heavy atom. The first kappa shape index (κ1) is 13.1. The zero-order chi connectivity index (χ0) is 13.7. The maximum Gasteiger partial charge on any atom is 0.260 e. The molecular weight excluding hydrogens is 249 g/mol. The maximum atomic E-state index is 12.7. The Morgan fingerprint density at radius 2 is 2.11 bits per heavy atom. The molecule has 0 saturated heterocycles. The first-order valence-corrected chi connectivity index (χ1v) is 5.76. The van der Waals surface area contributed by atoms with Gasteiger partial charge in [-0.25, -0.2) is 4.39 Å². The van der Waals surface area contributed by atoms with Crippen LogP contribution in [0.4, 0.5) is 4.39 Å². The molecule has 0 saturated carbocycles. The molecule has 1 aromatic carbocycles. The van der Waals surface area contributed by atoms with Crippen molar-refractivity contribution in [3.05, 3.63) is 48.0 Å². The highest BCUT2D eigenvalue weighted by Crippen LogP contribution is 2.11. The van der Waals surface area contributed by atoms with Crippen LogP contribution < -0.4 is 4.74 Å². The molecule has 0 aliphatic rings. The van der Waals surface area contributed by atoms with E-state index in [1.807, 2.05) is 0 Å². The van der Waals surface area contributed by atoms with Crippen LogP contribution in [0.15, 0.2) is 36.5 Å². The lowest BCUT2D eigenvalue weighted by molar-refractivity contribution is -0.132. The Balaban J connectivity index is 1.82. The number of halogens is 1. The predicted molar refractivity (Wildman–Crippen MR) is 67.0 cm³/mol. The Hall–Kier alpha value is -2.37. The second kappa shape index (κ2) is 5.99. The van der Waals surface area contributed by atoms with Crippen LogP contribution >= 0.6 is 0 Å². The van der Waals surface area contributed by atoms with Crippen LogP contribution in [0, 0.1) is 5.82 Å². The lowest BCUT2D eigenvalue weighted by Gasteiger charge is -2.16. The van der Waals surface area contributed by atoms with Gasteiger partial charge in [0, 0.05) is 13.2 Å². The quantitative estimate of drug-likeness (QED) is 0.891. The van der Waals surface area contributed by atoms with Crippen molar-refractivity contribution in [2.75, 3.05) is 13.7 Å². The van der Waals surface area contributed by atoms with Gasteiger partial charge in [-0.15, -0.1) is 0 Å². The fourth-order valence-electron chi connectivity index (χ4n) is 1.50. The number of carbonyl (C=O) groups excluding carboxylic acids is 1. The number of aromatic nitrogens is 2. The van der Waals surface area contributed by atoms with Gasteiger partial charge in [0.1, 0.15) is 11.6 Å². The fraction of sp³-hybridized carbons (Fsp3) is 0.231. The average Bonchev–Trinajstić information content (AvgIpc) is 2.90. The zero-order valence-electron chi connectivity index (χ0n) is 10.5. The molecule has 100 valence electrons. The summed E-state index contributed by atoms with van der Waals surface area (Å²) in [6.45, 7) is 0.349. The highest BCUT2D eigenvalue weighted by Gasteiger charge is 2.10. The summed E-state index contributed by atoms with van der Waals surface area (Å²) in [6, 6.07) is 7.34. The fourth-order valence-corrected chi connectivity index (χ4v) is 1.50. The first-order valence-electron chi connectivity index (χ1n) is 5.76. The van der Waals surface area contributed by atoms with Crippen molar-refractivity contribution >= 4 is 5.91 Å². The molecule has 0 spiro atoms. The lowest BCUT2D eigenvalue weighted by atomic mass is 10.3. The molecule has 0 fully saturated rings. The van der Waals surface area contributed by atoms with E-state index in [9.17, 15) is 9.18 Å². The second-order valence-corrected chi connectivity index (χ2v) is 4.07. The SMILES string of the molecule is CN(Cc1ccn[nH]1)C(=O)COc1ccc(F)cc1. The largest absolute Gasteiger partial charge is 0.484 e. The minimum Gasteiger partial charge on any atom is -0.484 e. The van der Waals surface area contributed by atoms with Crippen molar-refractivity contribution in [3.63, 3.8) is 0 Å². The molecule has 5 nitrogen and oxygen atoms in total. The Labute approximate surface area is 110 Å². The molecule has 0 aliphatic heterocycles. The van der Waals surface area contributed by atoms with E-state index in [1.54, 1.807) is 19.3 Å². The van der Waals surface area contributed by atoms with Gasteiger partial charge >= 0.3 is 0 Å². The average molecular weight is 263 g/mol. The minimum absolute atomic E-state index is 0.0870. The van der Waals surface area contributed by atoms with Crippen molar-refractivity contribution in [1.82, 2.24) is 15.1 Å². The standard InChI is InChI=1S/C13H14FN3O2/c1-17(8-11-6-7-15-16-11)13(18)9-19-12-4-2-10(14)3-5-12/h2-7H,8-9H2,1H3,(H,15,16). The van der Waals surface area contributed by atoms with E-state index in [-0.39, 0.29) is 18.3 Å². The summed E-state index contributed by atoms with van der Waals surface area (Å²) in [7, 11) is 1.68. The molecule has 19 heavy (non-hydrogen) atoms. The van der Waals surface area contributed by atoms with Crippen LogP contribution in [0.5, 0.6) is 5.75 Å². The van der Waals surface area contributed by atoms with Crippen LogP contribution in [-0.4, -0.2) is 34.7 Å². The van der Waals surface area contributed by atoms with Gasteiger partial charge in [-0.05, 0) is 30.3 Å². The summed E-state index contributed by atoms with van der Waals surface area (Å²) in [5, 5.41) is 6.58. The number of aromatic amines is 1. The topological polar surface area (TPSA) is 58.2 Å². The third-order valence-electron chi connectivity index (χ3n) is 2.57. The van der Waals surface area contributed by atoms with E-state index in [4.69, 9.17) is 4.74 Å². The van der Waals surface area contributed by atoms with Crippen LogP contribution in [0.3, 0.4) is 0 Å². The zero-order valence-corrected chi connectivity index (χ0v) is 10.5. The molecule has 0 atom stereocenters. The number of benzene rings is 1. The van der Waals surface area contributed by atoms with Crippen molar-refractivity contribution in [1.29, 1.82) is 0 Å². The second-order valence-electron chi connectivity index (χ2n) is 4.07. The molecule has 1 N–H and O–H groups in total. The molecule has 1 amide bonds. The summed E-state index contributed by atoms with van der Waals surface area (Å²) in [5.74, 6) is -0.0429. The molecule has 1 heterocycles. The van der Waals surface area contributed by atoms with Gasteiger partial charge in [0.15, 0.2) is 6.61 Å². The number of H-pyrrole nitrogens is 1. The van der Waals surface area contributed by atoms with Gasteiger partial charge < -0.3 is 9.64 Å². The Kier molecular flexibility index (Phi) is 4.12. The van der Waals surface area contributed by atoms with Gasteiger partial charge in [-0.2, -0.15) is 5.10 Å². The summed E-state index contributed by atoms with van der Waals surface area (Å²) in [5.41, 5.74) is 0.845. The molecule has 1 aromatic heterocycles. The monoisotopic (exact) mass is 263 g/mol. The van der Waals surface area contributed by atoms with Gasteiger partial charge in [-0.3, -0.25) is 9.89 Å². The van der Waals surface area contributed by atoms with E-state index < -0.39 is 0 Å². The van der Waals surface area contributed by atoms with Gasteiger partial charge in [0.2, 0.25) is 0 Å². The van der Waals surface area contributed by atoms with E-state index in [2.05, 4.69) is 10.2 Å². The number of carbonyl (C=O) groups is 1. The molecule has 0 radical (unpaired) electrons. The predicted octanol–water partition coefficient (Wildman–Crippen LogP) is 1.59. The number of likely N-dealkylation sites (N-methyl/N-ethyl adjacent to an activating group) is 1. The number of nitrogens with zero attached hydrogens (tertiary/aromatic N) is 2. The highest BCUT2D eigenvalue weighted by molar-refractivity contribution is 5.77. The molecule has 0 aliphatic carbocycles. The van der Waals surface area contributed by atoms with Gasteiger partial charge in [-0.1, -0.05) is 0 Å². The van der Waals surface area contributed by atoms with Crippen LogP contribution in [0.25, 0.3) is 0 Å². The molecular formula is C13H14FN3O2. The van der Waals surface area contributed by atoms with Crippen LogP contribution in [0.2, 0.25) is 0 Å². The summed E-state index contributed by atoms with van der Waals surface area (Å²) in [6.07, 6.45) is 1.63. The molecule has 2 rings (SSSR count). The van der Waals surface area contributed by atoms with Gasteiger partial charge in [0.05, 0.1) is 12.2 Å². The minimum atomic E-state index is -0.338. The number of amides is 1. The molecule has 0 unspecified atom stereocenters. The number of hydrogen-bond donors (Lipinski definition) is 1. The van der Waals surface area contributed by atoms with Crippen LogP contribution in [0.1, 0.15) is 5.69 Å². The van der Waals surface area contributed by atoms with Crippen molar-refractivity contribution in [2.45, 2.75) is 6.54 Å². The number of ether oxygens (including phenoxy) is 1. The number of hydrogen-bond acceptors (Lipinski definition) is 3.